The molecule has 1 aromatic heterocycles. The van der Waals surface area contributed by atoms with Crippen molar-refractivity contribution in [2.45, 2.75) is 6.42 Å². The second-order valence-corrected chi connectivity index (χ2v) is 6.74. The fourth-order valence-corrected chi connectivity index (χ4v) is 3.61. The summed E-state index contributed by atoms with van der Waals surface area (Å²) < 4.78 is 5.31. The number of fused-ring (bicyclic) bond motifs is 1. The molecule has 0 N–H and O–H groups in total. The van der Waals surface area contributed by atoms with Crippen LogP contribution < -0.4 is 9.64 Å². The molecule has 0 unspecified atom stereocenters. The summed E-state index contributed by atoms with van der Waals surface area (Å²) in [7, 11) is 1.68. The minimum absolute atomic E-state index is 0.165. The maximum Gasteiger partial charge on any atom is 0.227 e. The molecule has 1 aliphatic heterocycles. The van der Waals surface area contributed by atoms with E-state index in [9.17, 15) is 4.79 Å². The summed E-state index contributed by atoms with van der Waals surface area (Å²) in [5.74, 6) is 1.02. The molecule has 0 saturated carbocycles. The molecule has 5 heteroatoms. The van der Waals surface area contributed by atoms with Gasteiger partial charge in [-0.3, -0.25) is 9.78 Å². The third kappa shape index (κ3) is 3.72. The van der Waals surface area contributed by atoms with Crippen LogP contribution in [-0.2, 0) is 11.2 Å². The van der Waals surface area contributed by atoms with Crippen LogP contribution in [0.3, 0.4) is 0 Å². The summed E-state index contributed by atoms with van der Waals surface area (Å²) in [6.07, 6.45) is 2.18. The van der Waals surface area contributed by atoms with Gasteiger partial charge in [0.15, 0.2) is 0 Å². The Balaban J connectivity index is 1.41. The molecule has 1 fully saturated rings. The number of anilines is 1. The number of carbonyl (C=O) groups is 1. The first kappa shape index (κ1) is 17.3. The average molecular weight is 361 g/mol. The van der Waals surface area contributed by atoms with Crippen molar-refractivity contribution < 1.29 is 9.53 Å². The first-order chi connectivity index (χ1) is 13.2. The van der Waals surface area contributed by atoms with E-state index in [0.717, 1.165) is 54.1 Å². The van der Waals surface area contributed by atoms with Crippen LogP contribution in [0.5, 0.6) is 5.75 Å². The standard InChI is InChI=1S/C22H23N3O2/c1-27-20-9-3-8-19(16-20)24-11-13-25(14-12-24)21(26)15-18-6-2-5-17-7-4-10-23-22(17)18/h2-10,16H,11-15H2,1H3. The van der Waals surface area contributed by atoms with E-state index in [-0.39, 0.29) is 5.91 Å². The number of carbonyl (C=O) groups excluding carboxylic acids is 1. The van der Waals surface area contributed by atoms with Gasteiger partial charge in [-0.05, 0) is 23.8 Å². The first-order valence-corrected chi connectivity index (χ1v) is 9.24. The number of aromatic nitrogens is 1. The molecule has 2 heterocycles. The van der Waals surface area contributed by atoms with Crippen molar-refractivity contribution in [1.82, 2.24) is 9.88 Å². The van der Waals surface area contributed by atoms with E-state index in [2.05, 4.69) is 16.0 Å². The highest BCUT2D eigenvalue weighted by Crippen LogP contribution is 2.23. The van der Waals surface area contributed by atoms with Gasteiger partial charge in [0, 0.05) is 49.5 Å². The van der Waals surface area contributed by atoms with E-state index in [1.165, 1.54) is 0 Å². The van der Waals surface area contributed by atoms with E-state index in [1.54, 1.807) is 13.3 Å². The molecule has 27 heavy (non-hydrogen) atoms. The van der Waals surface area contributed by atoms with Crippen molar-refractivity contribution in [3.8, 4) is 5.75 Å². The molecular formula is C22H23N3O2. The van der Waals surface area contributed by atoms with E-state index >= 15 is 0 Å². The third-order valence-corrected chi connectivity index (χ3v) is 5.11. The number of rotatable bonds is 4. The Morgan fingerprint density at radius 2 is 1.81 bits per heavy atom. The zero-order valence-electron chi connectivity index (χ0n) is 15.5. The second kappa shape index (κ2) is 7.66. The average Bonchev–Trinajstić information content (AvgIpc) is 2.74. The molecule has 0 bridgehead atoms. The highest BCUT2D eigenvalue weighted by atomic mass is 16.5. The molecule has 1 amide bonds. The largest absolute Gasteiger partial charge is 0.497 e. The fraction of sp³-hybridized carbons (Fsp3) is 0.273. The summed E-state index contributed by atoms with van der Waals surface area (Å²) in [6, 6.07) is 18.0. The van der Waals surface area contributed by atoms with Gasteiger partial charge in [0.2, 0.25) is 5.91 Å². The molecule has 4 rings (SSSR count). The zero-order chi connectivity index (χ0) is 18.6. The molecule has 5 nitrogen and oxygen atoms in total. The lowest BCUT2D eigenvalue weighted by atomic mass is 10.1. The Morgan fingerprint density at radius 3 is 2.63 bits per heavy atom. The molecule has 0 radical (unpaired) electrons. The lowest BCUT2D eigenvalue weighted by Gasteiger charge is -2.36. The summed E-state index contributed by atoms with van der Waals surface area (Å²) in [6.45, 7) is 3.11. The summed E-state index contributed by atoms with van der Waals surface area (Å²) in [4.78, 5) is 21.5. The number of pyridine rings is 1. The van der Waals surface area contributed by atoms with E-state index in [4.69, 9.17) is 4.74 Å². The van der Waals surface area contributed by atoms with Gasteiger partial charge < -0.3 is 14.5 Å². The Kier molecular flexibility index (Phi) is 4.92. The van der Waals surface area contributed by atoms with Crippen LogP contribution in [0.1, 0.15) is 5.56 Å². The van der Waals surface area contributed by atoms with Crippen molar-refractivity contribution in [1.29, 1.82) is 0 Å². The number of para-hydroxylation sites is 1. The third-order valence-electron chi connectivity index (χ3n) is 5.11. The molecule has 1 aliphatic rings. The Hall–Kier alpha value is -3.08. The quantitative estimate of drug-likeness (QED) is 0.716. The predicted molar refractivity (Wildman–Crippen MR) is 107 cm³/mol. The van der Waals surface area contributed by atoms with Gasteiger partial charge in [-0.2, -0.15) is 0 Å². The minimum atomic E-state index is 0.165. The Bertz CT molecular complexity index is 944. The molecule has 0 aliphatic carbocycles. The monoisotopic (exact) mass is 361 g/mol. The van der Waals surface area contributed by atoms with Crippen molar-refractivity contribution in [2.24, 2.45) is 0 Å². The normalized spacial score (nSPS) is 14.4. The lowest BCUT2D eigenvalue weighted by molar-refractivity contribution is -0.130. The fourth-order valence-electron chi connectivity index (χ4n) is 3.61. The van der Waals surface area contributed by atoms with Crippen LogP contribution in [0.4, 0.5) is 5.69 Å². The van der Waals surface area contributed by atoms with Crippen LogP contribution >= 0.6 is 0 Å². The molecule has 0 atom stereocenters. The topological polar surface area (TPSA) is 45.7 Å². The number of hydrogen-bond donors (Lipinski definition) is 0. The molecule has 0 spiro atoms. The summed E-state index contributed by atoms with van der Waals surface area (Å²) in [5, 5.41) is 1.07. The van der Waals surface area contributed by atoms with Crippen molar-refractivity contribution >= 4 is 22.5 Å². The van der Waals surface area contributed by atoms with Gasteiger partial charge in [0.25, 0.3) is 0 Å². The van der Waals surface area contributed by atoms with Crippen LogP contribution in [0, 0.1) is 0 Å². The zero-order valence-corrected chi connectivity index (χ0v) is 15.5. The van der Waals surface area contributed by atoms with Gasteiger partial charge in [-0.1, -0.05) is 30.3 Å². The van der Waals surface area contributed by atoms with Crippen LogP contribution in [0.2, 0.25) is 0 Å². The Morgan fingerprint density at radius 1 is 1.04 bits per heavy atom. The van der Waals surface area contributed by atoms with Crippen molar-refractivity contribution in [2.75, 3.05) is 38.2 Å². The van der Waals surface area contributed by atoms with Gasteiger partial charge in [-0.25, -0.2) is 0 Å². The molecule has 3 aromatic rings. The number of nitrogens with zero attached hydrogens (tertiary/aromatic N) is 3. The second-order valence-electron chi connectivity index (χ2n) is 6.74. The molecule has 1 saturated heterocycles. The minimum Gasteiger partial charge on any atom is -0.497 e. The van der Waals surface area contributed by atoms with Crippen LogP contribution in [0.25, 0.3) is 10.9 Å². The van der Waals surface area contributed by atoms with E-state index < -0.39 is 0 Å². The maximum atomic E-state index is 12.8. The first-order valence-electron chi connectivity index (χ1n) is 9.24. The molecule has 2 aromatic carbocycles. The number of methoxy groups -OCH3 is 1. The smallest absolute Gasteiger partial charge is 0.227 e. The Labute approximate surface area is 159 Å². The SMILES string of the molecule is COc1cccc(N2CCN(C(=O)Cc3cccc4cccnc34)CC2)c1. The molecule has 138 valence electrons. The summed E-state index contributed by atoms with van der Waals surface area (Å²) in [5.41, 5.74) is 3.05. The number of amides is 1. The maximum absolute atomic E-state index is 12.8. The summed E-state index contributed by atoms with van der Waals surface area (Å²) >= 11 is 0. The number of ether oxygens (including phenoxy) is 1. The predicted octanol–water partition coefficient (Wildman–Crippen LogP) is 3.13. The van der Waals surface area contributed by atoms with Crippen molar-refractivity contribution in [3.05, 3.63) is 66.4 Å². The lowest BCUT2D eigenvalue weighted by Crippen LogP contribution is -2.49. The van der Waals surface area contributed by atoms with Gasteiger partial charge >= 0.3 is 0 Å². The van der Waals surface area contributed by atoms with Gasteiger partial charge in [-0.15, -0.1) is 0 Å². The van der Waals surface area contributed by atoms with E-state index in [1.807, 2.05) is 53.4 Å². The van der Waals surface area contributed by atoms with Gasteiger partial charge in [0.05, 0.1) is 19.0 Å². The number of hydrogen-bond acceptors (Lipinski definition) is 4. The van der Waals surface area contributed by atoms with Gasteiger partial charge in [0.1, 0.15) is 5.75 Å². The number of benzene rings is 2. The van der Waals surface area contributed by atoms with Crippen molar-refractivity contribution in [3.63, 3.8) is 0 Å². The molecular weight excluding hydrogens is 338 g/mol. The van der Waals surface area contributed by atoms with E-state index in [0.29, 0.717) is 6.42 Å². The highest BCUT2D eigenvalue weighted by Gasteiger charge is 2.22. The highest BCUT2D eigenvalue weighted by molar-refractivity contribution is 5.87. The van der Waals surface area contributed by atoms with Crippen LogP contribution in [0.15, 0.2) is 60.8 Å². The number of piperazine rings is 1. The van der Waals surface area contributed by atoms with Crippen LogP contribution in [-0.4, -0.2) is 49.1 Å².